The van der Waals surface area contributed by atoms with Gasteiger partial charge in [0.1, 0.15) is 0 Å². The van der Waals surface area contributed by atoms with Crippen molar-refractivity contribution in [2.75, 3.05) is 12.3 Å². The zero-order valence-corrected chi connectivity index (χ0v) is 24.1. The first-order chi connectivity index (χ1) is 16.0. The van der Waals surface area contributed by atoms with Crippen molar-refractivity contribution >= 4 is 51.2 Å². The van der Waals surface area contributed by atoms with Crippen molar-refractivity contribution in [3.05, 3.63) is 121 Å². The Morgan fingerprint density at radius 2 is 0.667 bits per heavy atom. The summed E-state index contributed by atoms with van der Waals surface area (Å²) in [4.78, 5) is 0. The molecule has 0 unspecified atom stereocenters. The molecule has 178 valence electrons. The molecule has 4 rings (SSSR count). The Kier molecular flexibility index (Phi) is 8.15. The molecular formula is C28H32Cl2P2Pd. The Morgan fingerprint density at radius 3 is 0.848 bits per heavy atom. The van der Waals surface area contributed by atoms with Crippen LogP contribution in [-0.4, -0.2) is 12.3 Å². The summed E-state index contributed by atoms with van der Waals surface area (Å²) in [7, 11) is 16.3. The molecule has 4 aromatic carbocycles. The molecule has 0 radical (unpaired) electrons. The number of hydrogen-bond donors (Lipinski definition) is 0. The monoisotopic (exact) mass is 606 g/mol. The molecule has 0 spiro atoms. The first kappa shape index (κ1) is 25.1. The van der Waals surface area contributed by atoms with Crippen LogP contribution in [0.5, 0.6) is 0 Å². The summed E-state index contributed by atoms with van der Waals surface area (Å²) in [5.74, 6) is 0. The number of benzene rings is 4. The molecule has 4 aromatic rings. The second-order valence-corrected chi connectivity index (χ2v) is 41.7. The van der Waals surface area contributed by atoms with Gasteiger partial charge in [-0.15, -0.1) is 0 Å². The van der Waals surface area contributed by atoms with Gasteiger partial charge in [0.05, 0.1) is 0 Å². The summed E-state index contributed by atoms with van der Waals surface area (Å²) in [6, 6.07) is 43.8. The average Bonchev–Trinajstić information content (AvgIpc) is 2.88. The third-order valence-corrected chi connectivity index (χ3v) is 57.3. The molecule has 0 nitrogen and oxygen atoms in total. The van der Waals surface area contributed by atoms with Crippen LogP contribution in [0, 0.1) is 0 Å². The van der Waals surface area contributed by atoms with Gasteiger partial charge in [-0.2, -0.15) is 0 Å². The minimum atomic E-state index is -3.17. The molecule has 0 aliphatic carbocycles. The Bertz CT molecular complexity index is 982. The fourth-order valence-corrected chi connectivity index (χ4v) is 63.8. The minimum absolute atomic E-state index is 0.986. The maximum atomic E-state index is 8.16. The topological polar surface area (TPSA) is 0 Å². The number of rotatable bonds is 8. The van der Waals surface area contributed by atoms with E-state index in [1.165, 1.54) is 21.2 Å². The molecule has 0 fully saturated rings. The third kappa shape index (κ3) is 4.17. The van der Waals surface area contributed by atoms with Crippen molar-refractivity contribution in [3.8, 4) is 0 Å². The molecule has 0 aromatic heterocycles. The van der Waals surface area contributed by atoms with E-state index in [0.29, 0.717) is 0 Å². The van der Waals surface area contributed by atoms with Gasteiger partial charge in [-0.25, -0.2) is 0 Å². The van der Waals surface area contributed by atoms with Crippen LogP contribution in [-0.2, 0) is 12.5 Å². The first-order valence-corrected chi connectivity index (χ1v) is 24.0. The van der Waals surface area contributed by atoms with E-state index in [-0.39, 0.29) is 0 Å². The number of halogens is 2. The van der Waals surface area contributed by atoms with Crippen LogP contribution in [0.25, 0.3) is 0 Å². The van der Waals surface area contributed by atoms with E-state index in [0.717, 1.165) is 12.3 Å². The summed E-state index contributed by atoms with van der Waals surface area (Å²) in [5.41, 5.74) is -5.06. The van der Waals surface area contributed by atoms with Crippen LogP contribution in [0.3, 0.4) is 0 Å². The van der Waals surface area contributed by atoms with Gasteiger partial charge in [0, 0.05) is 0 Å². The van der Waals surface area contributed by atoms with Crippen LogP contribution in [0.15, 0.2) is 121 Å². The van der Waals surface area contributed by atoms with Crippen molar-refractivity contribution in [1.82, 2.24) is 0 Å². The second-order valence-electron chi connectivity index (χ2n) is 8.03. The van der Waals surface area contributed by atoms with Crippen molar-refractivity contribution in [1.29, 1.82) is 0 Å². The fourth-order valence-electron chi connectivity index (χ4n) is 4.89. The predicted molar refractivity (Wildman–Crippen MR) is 154 cm³/mol. The van der Waals surface area contributed by atoms with Crippen LogP contribution >= 0.6 is 30.0 Å². The van der Waals surface area contributed by atoms with E-state index in [4.69, 9.17) is 19.1 Å². The SMILES string of the molecule is CC[PH](c1ccccc1)(c1ccccc1)[Pd]([Cl])([Cl])[PH](CC)(c1ccccc1)c1ccccc1. The Hall–Kier alpha value is -1.02. The van der Waals surface area contributed by atoms with Gasteiger partial charge in [0.2, 0.25) is 0 Å². The van der Waals surface area contributed by atoms with Crippen molar-refractivity contribution in [2.45, 2.75) is 13.8 Å². The fraction of sp³-hybridized carbons (Fsp3) is 0.143. The Morgan fingerprint density at radius 1 is 0.455 bits per heavy atom. The summed E-state index contributed by atoms with van der Waals surface area (Å²) in [6.45, 7) is 4.62. The van der Waals surface area contributed by atoms with Gasteiger partial charge in [0.25, 0.3) is 0 Å². The standard InChI is InChI=1S/2C14H15P.2ClH.Pd/c2*1-2-15(13-9-5-3-6-10-13)14-11-7-4-8-12-14;;;/h2*3-12H,2H2,1H3;2*1H;. The van der Waals surface area contributed by atoms with Crippen molar-refractivity contribution < 1.29 is 12.5 Å². The van der Waals surface area contributed by atoms with Crippen LogP contribution in [0.4, 0.5) is 0 Å². The zero-order valence-electron chi connectivity index (χ0n) is 19.0. The molecule has 0 heterocycles. The molecular weight excluding hydrogens is 576 g/mol. The molecule has 0 atom stereocenters. The van der Waals surface area contributed by atoms with Gasteiger partial charge in [-0.1, -0.05) is 0 Å². The van der Waals surface area contributed by atoms with E-state index in [1.54, 1.807) is 0 Å². The third-order valence-electron chi connectivity index (χ3n) is 6.46. The quantitative estimate of drug-likeness (QED) is 0.148. The second kappa shape index (κ2) is 10.7. The molecule has 0 N–H and O–H groups in total. The molecule has 0 aliphatic heterocycles. The maximum absolute atomic E-state index is 8.16. The molecule has 0 bridgehead atoms. The van der Waals surface area contributed by atoms with E-state index < -0.39 is 23.4 Å². The zero-order chi connectivity index (χ0) is 23.4. The Balaban J connectivity index is 2.13. The summed E-state index contributed by atoms with van der Waals surface area (Å²) < 4.78 is 0. The van der Waals surface area contributed by atoms with Gasteiger partial charge < -0.3 is 0 Å². The van der Waals surface area contributed by atoms with Crippen LogP contribution in [0.1, 0.15) is 13.8 Å². The first-order valence-electron chi connectivity index (χ1n) is 11.3. The molecule has 33 heavy (non-hydrogen) atoms. The molecule has 0 saturated heterocycles. The number of hydrogen-bond acceptors (Lipinski definition) is 0. The van der Waals surface area contributed by atoms with Crippen LogP contribution < -0.4 is 21.2 Å². The normalized spacial score (nSPS) is 13.9. The molecule has 0 saturated carbocycles. The van der Waals surface area contributed by atoms with Gasteiger partial charge >= 0.3 is 211 Å². The summed E-state index contributed by atoms with van der Waals surface area (Å²) in [6.07, 6.45) is 1.97. The molecule has 0 aliphatic rings. The van der Waals surface area contributed by atoms with Gasteiger partial charge in [-0.05, 0) is 0 Å². The average molecular weight is 608 g/mol. The van der Waals surface area contributed by atoms with Gasteiger partial charge in [-0.3, -0.25) is 0 Å². The van der Waals surface area contributed by atoms with E-state index >= 15 is 0 Å². The van der Waals surface area contributed by atoms with E-state index in [1.807, 2.05) is 0 Å². The molecule has 5 heteroatoms. The summed E-state index contributed by atoms with van der Waals surface area (Å²) >= 11 is -3.17. The van der Waals surface area contributed by atoms with E-state index in [2.05, 4.69) is 135 Å². The molecule has 0 amide bonds. The summed E-state index contributed by atoms with van der Waals surface area (Å²) in [5, 5.41) is 5.44. The predicted octanol–water partition coefficient (Wildman–Crippen LogP) is 7.12. The van der Waals surface area contributed by atoms with E-state index in [9.17, 15) is 0 Å². The van der Waals surface area contributed by atoms with Crippen molar-refractivity contribution in [2.24, 2.45) is 0 Å². The van der Waals surface area contributed by atoms with Crippen LogP contribution in [0.2, 0.25) is 0 Å². The Labute approximate surface area is 210 Å². The van der Waals surface area contributed by atoms with Crippen molar-refractivity contribution in [3.63, 3.8) is 0 Å². The van der Waals surface area contributed by atoms with Gasteiger partial charge in [0.15, 0.2) is 0 Å².